The normalized spacial score (nSPS) is 11.2. The smallest absolute Gasteiger partial charge is 0.347 e. The maximum absolute atomic E-state index is 13.0. The number of phenolic OH excluding ortho intramolecular Hbond substituents is 1. The van der Waals surface area contributed by atoms with Gasteiger partial charge >= 0.3 is 5.97 Å². The Bertz CT molecular complexity index is 919. The highest BCUT2D eigenvalue weighted by Gasteiger charge is 2.17. The lowest BCUT2D eigenvalue weighted by Gasteiger charge is -2.12. The number of aromatic hydroxyl groups is 1. The molecule has 0 radical (unpaired) electrons. The van der Waals surface area contributed by atoms with Crippen LogP contribution in [0.25, 0.3) is 0 Å². The third-order valence-corrected chi connectivity index (χ3v) is 8.11. The van der Waals surface area contributed by atoms with Gasteiger partial charge in [-0.25, -0.2) is 4.79 Å². The van der Waals surface area contributed by atoms with Crippen LogP contribution in [0.3, 0.4) is 0 Å². The molecule has 0 heterocycles. The summed E-state index contributed by atoms with van der Waals surface area (Å²) in [4.78, 5) is 13.0. The highest BCUT2D eigenvalue weighted by molar-refractivity contribution is 5.94. The Hall–Kier alpha value is -2.29. The van der Waals surface area contributed by atoms with Gasteiger partial charge in [0, 0.05) is 0 Å². The molecule has 0 amide bonds. The molecule has 2 rings (SSSR count). The van der Waals surface area contributed by atoms with E-state index in [-0.39, 0.29) is 11.3 Å². The van der Waals surface area contributed by atoms with Gasteiger partial charge < -0.3 is 9.84 Å². The molecule has 0 aromatic heterocycles. The third-order valence-electron chi connectivity index (χ3n) is 8.11. The Morgan fingerprint density at radius 3 is 1.50 bits per heavy atom. The second-order valence-electron chi connectivity index (χ2n) is 11.7. The number of benzene rings is 2. The molecule has 0 unspecified atom stereocenters. The Labute approximate surface area is 246 Å². The molecule has 0 bridgehead atoms. The van der Waals surface area contributed by atoms with E-state index in [2.05, 4.69) is 19.9 Å². The van der Waals surface area contributed by atoms with E-state index in [1.807, 2.05) is 30.3 Å². The average molecular weight is 551 g/mol. The molecule has 3 nitrogen and oxygen atoms in total. The van der Waals surface area contributed by atoms with Crippen LogP contribution < -0.4 is 4.74 Å². The van der Waals surface area contributed by atoms with Gasteiger partial charge in [0.1, 0.15) is 17.1 Å². The lowest BCUT2D eigenvalue weighted by molar-refractivity contribution is 0.0729. The number of rotatable bonds is 24. The number of unbranched alkanes of at least 4 members (excludes halogenated alkanes) is 18. The van der Waals surface area contributed by atoms with Gasteiger partial charge in [-0.15, -0.1) is 0 Å². The first-order valence-electron chi connectivity index (χ1n) is 16.8. The monoisotopic (exact) mass is 550 g/mol. The second kappa shape index (κ2) is 22.4. The van der Waals surface area contributed by atoms with Crippen molar-refractivity contribution in [2.75, 3.05) is 0 Å². The molecule has 224 valence electrons. The van der Waals surface area contributed by atoms with Crippen LogP contribution in [-0.2, 0) is 12.8 Å². The fourth-order valence-corrected chi connectivity index (χ4v) is 5.53. The zero-order valence-corrected chi connectivity index (χ0v) is 25.9. The minimum absolute atomic E-state index is 0.0793. The van der Waals surface area contributed by atoms with Crippen molar-refractivity contribution < 1.29 is 14.6 Å². The molecule has 0 spiro atoms. The molecule has 0 saturated heterocycles. The van der Waals surface area contributed by atoms with Gasteiger partial charge in [0.2, 0.25) is 0 Å². The molecule has 40 heavy (non-hydrogen) atoms. The van der Waals surface area contributed by atoms with Gasteiger partial charge in [-0.1, -0.05) is 160 Å². The van der Waals surface area contributed by atoms with Gasteiger partial charge in [0.05, 0.1) is 0 Å². The largest absolute Gasteiger partial charge is 0.507 e. The maximum Gasteiger partial charge on any atom is 0.347 e. The number of hydrogen-bond acceptors (Lipinski definition) is 3. The standard InChI is InChI=1S/C37H58O3/c1-3-5-7-9-11-13-15-17-19-21-26-32-27-23-24-31-35(32)40-37(39)34-30-25-29-33(36(34)38)28-22-20-18-16-14-12-10-8-6-4-2/h23-25,27,29-31,38H,3-22,26,28H2,1-2H3. The molecule has 0 fully saturated rings. The van der Waals surface area contributed by atoms with Crippen molar-refractivity contribution in [2.45, 2.75) is 155 Å². The molecule has 1 N–H and O–H groups in total. The Balaban J connectivity index is 1.72. The van der Waals surface area contributed by atoms with Crippen molar-refractivity contribution in [3.8, 4) is 11.5 Å². The van der Waals surface area contributed by atoms with Crippen LogP contribution in [-0.4, -0.2) is 11.1 Å². The summed E-state index contributed by atoms with van der Waals surface area (Å²) < 4.78 is 5.82. The summed E-state index contributed by atoms with van der Waals surface area (Å²) >= 11 is 0. The van der Waals surface area contributed by atoms with Crippen LogP contribution in [0.4, 0.5) is 0 Å². The van der Waals surface area contributed by atoms with E-state index >= 15 is 0 Å². The number of esters is 1. The highest BCUT2D eigenvalue weighted by Crippen LogP contribution is 2.28. The molecular formula is C37H58O3. The molecule has 0 saturated carbocycles. The molecule has 0 atom stereocenters. The lowest BCUT2D eigenvalue weighted by atomic mass is 10.0. The fraction of sp³-hybridized carbons (Fsp3) is 0.649. The Kier molecular flexibility index (Phi) is 19.0. The summed E-state index contributed by atoms with van der Waals surface area (Å²) in [6.07, 6.45) is 27.6. The zero-order chi connectivity index (χ0) is 28.7. The Morgan fingerprint density at radius 1 is 0.550 bits per heavy atom. The van der Waals surface area contributed by atoms with E-state index in [4.69, 9.17) is 4.74 Å². The number of ether oxygens (including phenoxy) is 1. The maximum atomic E-state index is 13.0. The van der Waals surface area contributed by atoms with E-state index in [9.17, 15) is 9.90 Å². The molecule has 0 aliphatic rings. The molecule has 0 aliphatic carbocycles. The van der Waals surface area contributed by atoms with Crippen LogP contribution in [0.2, 0.25) is 0 Å². The summed E-state index contributed by atoms with van der Waals surface area (Å²) in [7, 11) is 0. The van der Waals surface area contributed by atoms with Gasteiger partial charge in [0.25, 0.3) is 0 Å². The second-order valence-corrected chi connectivity index (χ2v) is 11.7. The molecule has 0 aliphatic heterocycles. The summed E-state index contributed by atoms with van der Waals surface area (Å²) in [5.41, 5.74) is 2.17. The van der Waals surface area contributed by atoms with Crippen molar-refractivity contribution in [1.82, 2.24) is 0 Å². The van der Waals surface area contributed by atoms with Crippen LogP contribution in [0.15, 0.2) is 42.5 Å². The molecule has 2 aromatic carbocycles. The summed E-state index contributed by atoms with van der Waals surface area (Å²) in [6.45, 7) is 4.52. The van der Waals surface area contributed by atoms with Gasteiger partial charge in [-0.05, 0) is 48.9 Å². The summed E-state index contributed by atoms with van der Waals surface area (Å²) in [6, 6.07) is 13.3. The van der Waals surface area contributed by atoms with Crippen LogP contribution >= 0.6 is 0 Å². The van der Waals surface area contributed by atoms with E-state index in [1.165, 1.54) is 109 Å². The highest BCUT2D eigenvalue weighted by atomic mass is 16.5. The first-order valence-corrected chi connectivity index (χ1v) is 16.8. The van der Waals surface area contributed by atoms with Crippen molar-refractivity contribution in [3.05, 3.63) is 59.2 Å². The number of carbonyl (C=O) groups excluding carboxylic acids is 1. The van der Waals surface area contributed by atoms with Crippen molar-refractivity contribution in [2.24, 2.45) is 0 Å². The number of hydrogen-bond donors (Lipinski definition) is 1. The SMILES string of the molecule is CCCCCCCCCCCCc1ccccc1OC(=O)c1cccc(CCCCCCCCCCCC)c1O. The third kappa shape index (κ3) is 14.4. The quantitative estimate of drug-likeness (QED) is 0.0803. The summed E-state index contributed by atoms with van der Waals surface area (Å²) in [5, 5.41) is 10.9. The first kappa shape index (κ1) is 33.9. The van der Waals surface area contributed by atoms with Crippen LogP contribution in [0, 0.1) is 0 Å². The molecule has 3 heteroatoms. The van der Waals surface area contributed by atoms with Gasteiger partial charge in [-0.2, -0.15) is 0 Å². The molecule has 2 aromatic rings. The average Bonchev–Trinajstić information content (AvgIpc) is 2.96. The number of aryl methyl sites for hydroxylation is 2. The van der Waals surface area contributed by atoms with Crippen LogP contribution in [0.1, 0.15) is 164 Å². The van der Waals surface area contributed by atoms with E-state index in [1.54, 1.807) is 6.07 Å². The summed E-state index contributed by atoms with van der Waals surface area (Å²) in [5.74, 6) is 0.219. The predicted molar refractivity (Wildman–Crippen MR) is 171 cm³/mol. The lowest BCUT2D eigenvalue weighted by Crippen LogP contribution is -2.11. The predicted octanol–water partition coefficient (Wildman–Crippen LogP) is 11.5. The van der Waals surface area contributed by atoms with E-state index < -0.39 is 5.97 Å². The van der Waals surface area contributed by atoms with Gasteiger partial charge in [0.15, 0.2) is 0 Å². The minimum atomic E-state index is -0.474. The minimum Gasteiger partial charge on any atom is -0.507 e. The van der Waals surface area contributed by atoms with Crippen molar-refractivity contribution in [1.29, 1.82) is 0 Å². The zero-order valence-electron chi connectivity index (χ0n) is 25.9. The number of phenols is 1. The topological polar surface area (TPSA) is 46.5 Å². The number of para-hydroxylation sites is 2. The van der Waals surface area contributed by atoms with Gasteiger partial charge in [-0.3, -0.25) is 0 Å². The van der Waals surface area contributed by atoms with Crippen LogP contribution in [0.5, 0.6) is 11.5 Å². The Morgan fingerprint density at radius 2 is 0.975 bits per heavy atom. The van der Waals surface area contributed by atoms with Crippen molar-refractivity contribution in [3.63, 3.8) is 0 Å². The van der Waals surface area contributed by atoms with E-state index in [0.717, 1.165) is 43.2 Å². The number of carbonyl (C=O) groups is 1. The molecular weight excluding hydrogens is 492 g/mol. The first-order chi connectivity index (χ1) is 19.7. The van der Waals surface area contributed by atoms with E-state index in [0.29, 0.717) is 5.75 Å². The fourth-order valence-electron chi connectivity index (χ4n) is 5.53. The van der Waals surface area contributed by atoms with Crippen molar-refractivity contribution >= 4 is 5.97 Å².